The van der Waals surface area contributed by atoms with E-state index < -0.39 is 11.2 Å². The summed E-state index contributed by atoms with van der Waals surface area (Å²) in [6.07, 6.45) is 1.97. The molecule has 166 valence electrons. The van der Waals surface area contributed by atoms with Gasteiger partial charge in [0.2, 0.25) is 0 Å². The van der Waals surface area contributed by atoms with Crippen LogP contribution in [0.2, 0.25) is 0 Å². The topological polar surface area (TPSA) is 132 Å². The van der Waals surface area contributed by atoms with E-state index >= 15 is 0 Å². The minimum Gasteiger partial charge on any atom is -0.356 e. The predicted octanol–water partition coefficient (Wildman–Crippen LogP) is 1.85. The Labute approximate surface area is 191 Å². The molecule has 2 aromatic carbocycles. The number of benzene rings is 2. The van der Waals surface area contributed by atoms with Gasteiger partial charge < -0.3 is 10.6 Å². The molecule has 0 aliphatic carbocycles. The van der Waals surface area contributed by atoms with E-state index in [1.54, 1.807) is 36.4 Å². The summed E-state index contributed by atoms with van der Waals surface area (Å²) in [5, 5.41) is 18.5. The zero-order valence-electron chi connectivity index (χ0n) is 18.1. The zero-order chi connectivity index (χ0) is 23.4. The molecular formula is C25H24N6O2. The van der Waals surface area contributed by atoms with Crippen LogP contribution in [-0.4, -0.2) is 28.7 Å². The lowest BCUT2D eigenvalue weighted by Gasteiger charge is -2.33. The first-order valence-corrected chi connectivity index (χ1v) is 10.8. The molecule has 0 spiro atoms. The van der Waals surface area contributed by atoms with Gasteiger partial charge in [-0.3, -0.25) is 14.3 Å². The maximum atomic E-state index is 13.6. The second kappa shape index (κ2) is 9.56. The molecule has 1 aliphatic heterocycles. The molecule has 8 nitrogen and oxygen atoms in total. The Morgan fingerprint density at radius 3 is 2.52 bits per heavy atom. The SMILES string of the molecule is N#Cc1ccc(Cn2c(=O)[nH]c(N3CCC[C@@H](N)C3)c(Cc3ccccc3C#N)c2=O)cc1. The third-order valence-electron chi connectivity index (χ3n) is 5.96. The highest BCUT2D eigenvalue weighted by Gasteiger charge is 2.24. The minimum atomic E-state index is -0.504. The zero-order valence-corrected chi connectivity index (χ0v) is 18.1. The van der Waals surface area contributed by atoms with Crippen LogP contribution in [0, 0.1) is 22.7 Å². The van der Waals surface area contributed by atoms with E-state index in [1.807, 2.05) is 17.0 Å². The highest BCUT2D eigenvalue weighted by Crippen LogP contribution is 2.22. The van der Waals surface area contributed by atoms with Gasteiger partial charge in [-0.15, -0.1) is 0 Å². The van der Waals surface area contributed by atoms with Crippen molar-refractivity contribution in [2.75, 3.05) is 18.0 Å². The lowest BCUT2D eigenvalue weighted by molar-refractivity contribution is 0.500. The molecule has 3 N–H and O–H groups in total. The molecule has 3 aromatic rings. The first-order chi connectivity index (χ1) is 16.0. The van der Waals surface area contributed by atoms with E-state index in [-0.39, 0.29) is 19.0 Å². The third kappa shape index (κ3) is 4.72. The van der Waals surface area contributed by atoms with Gasteiger partial charge in [-0.25, -0.2) is 4.79 Å². The molecule has 0 unspecified atom stereocenters. The number of nitrogens with two attached hydrogens (primary N) is 1. The molecule has 1 aromatic heterocycles. The molecule has 0 amide bonds. The van der Waals surface area contributed by atoms with Gasteiger partial charge in [0.25, 0.3) is 5.56 Å². The van der Waals surface area contributed by atoms with Crippen molar-refractivity contribution in [1.29, 1.82) is 10.5 Å². The maximum Gasteiger partial charge on any atom is 0.330 e. The monoisotopic (exact) mass is 440 g/mol. The normalized spacial score (nSPS) is 15.6. The minimum absolute atomic E-state index is 0.0393. The molecule has 1 atom stereocenters. The van der Waals surface area contributed by atoms with Gasteiger partial charge in [0, 0.05) is 25.6 Å². The smallest absolute Gasteiger partial charge is 0.330 e. The average Bonchev–Trinajstić information content (AvgIpc) is 2.84. The van der Waals surface area contributed by atoms with Crippen LogP contribution in [-0.2, 0) is 13.0 Å². The van der Waals surface area contributed by atoms with E-state index in [2.05, 4.69) is 17.1 Å². The Kier molecular flexibility index (Phi) is 6.39. The van der Waals surface area contributed by atoms with Gasteiger partial charge >= 0.3 is 5.69 Å². The Hall–Kier alpha value is -4.14. The van der Waals surface area contributed by atoms with E-state index in [4.69, 9.17) is 11.0 Å². The molecule has 1 fully saturated rings. The second-order valence-corrected chi connectivity index (χ2v) is 8.25. The highest BCUT2D eigenvalue weighted by atomic mass is 16.2. The Balaban J connectivity index is 1.81. The fourth-order valence-corrected chi connectivity index (χ4v) is 4.23. The average molecular weight is 441 g/mol. The van der Waals surface area contributed by atoms with Crippen molar-refractivity contribution in [3.05, 3.63) is 97.2 Å². The van der Waals surface area contributed by atoms with Gasteiger partial charge in [-0.1, -0.05) is 30.3 Å². The van der Waals surface area contributed by atoms with Crippen LogP contribution in [0.3, 0.4) is 0 Å². The predicted molar refractivity (Wildman–Crippen MR) is 125 cm³/mol. The van der Waals surface area contributed by atoms with Gasteiger partial charge in [0.15, 0.2) is 0 Å². The standard InChI is InChI=1S/C25H24N6O2/c26-13-17-7-9-18(10-8-17)15-31-24(32)22(12-19-4-1-2-5-20(19)14-27)23(29-25(31)33)30-11-3-6-21(28)16-30/h1-2,4-5,7-10,21H,3,6,11-12,15-16,28H2,(H,29,33)/t21-/m1/s1. The summed E-state index contributed by atoms with van der Waals surface area (Å²) in [5.74, 6) is 0.476. The maximum absolute atomic E-state index is 13.6. The summed E-state index contributed by atoms with van der Waals surface area (Å²) in [6, 6.07) is 18.1. The van der Waals surface area contributed by atoms with Crippen LogP contribution in [0.5, 0.6) is 0 Å². The first kappa shape index (κ1) is 22.1. The van der Waals surface area contributed by atoms with Crippen molar-refractivity contribution in [3.63, 3.8) is 0 Å². The molecule has 33 heavy (non-hydrogen) atoms. The van der Waals surface area contributed by atoms with E-state index in [1.165, 1.54) is 4.57 Å². The van der Waals surface area contributed by atoms with Crippen LogP contribution in [0.4, 0.5) is 5.82 Å². The van der Waals surface area contributed by atoms with Crippen LogP contribution < -0.4 is 21.9 Å². The molecule has 2 heterocycles. The fraction of sp³-hybridized carbons (Fsp3) is 0.280. The van der Waals surface area contributed by atoms with Gasteiger partial charge in [-0.2, -0.15) is 10.5 Å². The van der Waals surface area contributed by atoms with Crippen LogP contribution in [0.15, 0.2) is 58.1 Å². The molecule has 8 heteroatoms. The summed E-state index contributed by atoms with van der Waals surface area (Å²) in [5.41, 5.74) is 8.14. The number of hydrogen-bond donors (Lipinski definition) is 2. The Morgan fingerprint density at radius 2 is 1.82 bits per heavy atom. The van der Waals surface area contributed by atoms with Crippen molar-refractivity contribution in [2.24, 2.45) is 5.73 Å². The summed E-state index contributed by atoms with van der Waals surface area (Å²) >= 11 is 0. The Bertz CT molecular complexity index is 1360. The van der Waals surface area contributed by atoms with Crippen molar-refractivity contribution < 1.29 is 0 Å². The number of aromatic amines is 1. The van der Waals surface area contributed by atoms with E-state index in [9.17, 15) is 14.9 Å². The number of rotatable bonds is 5. The number of nitrogens with one attached hydrogen (secondary N) is 1. The molecule has 0 radical (unpaired) electrons. The van der Waals surface area contributed by atoms with Gasteiger partial charge in [0.1, 0.15) is 5.82 Å². The quantitative estimate of drug-likeness (QED) is 0.622. The van der Waals surface area contributed by atoms with Gasteiger partial charge in [-0.05, 0) is 42.2 Å². The van der Waals surface area contributed by atoms with Crippen LogP contribution in [0.25, 0.3) is 0 Å². The number of H-pyrrole nitrogens is 1. The summed E-state index contributed by atoms with van der Waals surface area (Å²) in [4.78, 5) is 31.5. The van der Waals surface area contributed by atoms with Crippen LogP contribution in [0.1, 0.15) is 40.7 Å². The summed E-state index contributed by atoms with van der Waals surface area (Å²) in [6.45, 7) is 1.31. The lowest BCUT2D eigenvalue weighted by Crippen LogP contribution is -2.47. The number of hydrogen-bond acceptors (Lipinski definition) is 6. The van der Waals surface area contributed by atoms with Crippen molar-refractivity contribution in [3.8, 4) is 12.1 Å². The van der Waals surface area contributed by atoms with Crippen molar-refractivity contribution in [2.45, 2.75) is 31.8 Å². The second-order valence-electron chi connectivity index (χ2n) is 8.25. The molecule has 0 saturated carbocycles. The fourth-order valence-electron chi connectivity index (χ4n) is 4.23. The Morgan fingerprint density at radius 1 is 1.06 bits per heavy atom. The third-order valence-corrected chi connectivity index (χ3v) is 5.96. The molecule has 0 bridgehead atoms. The summed E-state index contributed by atoms with van der Waals surface area (Å²) < 4.78 is 1.17. The highest BCUT2D eigenvalue weighted by molar-refractivity contribution is 5.50. The first-order valence-electron chi connectivity index (χ1n) is 10.8. The molecule has 1 aliphatic rings. The number of nitriles is 2. The van der Waals surface area contributed by atoms with E-state index in [0.29, 0.717) is 35.6 Å². The lowest BCUT2D eigenvalue weighted by atomic mass is 10.00. The molecule has 1 saturated heterocycles. The number of nitrogens with zero attached hydrogens (tertiary/aromatic N) is 4. The number of piperidine rings is 1. The van der Waals surface area contributed by atoms with Gasteiger partial charge in [0.05, 0.1) is 35.4 Å². The summed E-state index contributed by atoms with van der Waals surface area (Å²) in [7, 11) is 0. The van der Waals surface area contributed by atoms with Crippen molar-refractivity contribution in [1.82, 2.24) is 9.55 Å². The number of aromatic nitrogens is 2. The van der Waals surface area contributed by atoms with E-state index in [0.717, 1.165) is 24.0 Å². The largest absolute Gasteiger partial charge is 0.356 e. The molecule has 4 rings (SSSR count). The van der Waals surface area contributed by atoms with Crippen LogP contribution >= 0.6 is 0 Å². The number of anilines is 1. The van der Waals surface area contributed by atoms with Crippen molar-refractivity contribution >= 4 is 5.82 Å². The molecular weight excluding hydrogens is 416 g/mol.